The third-order valence-corrected chi connectivity index (χ3v) is 6.49. The Hall–Kier alpha value is -3.16. The van der Waals surface area contributed by atoms with E-state index in [0.29, 0.717) is 18.7 Å². The molecule has 9 nitrogen and oxygen atoms in total. The molecule has 0 bridgehead atoms. The zero-order valence-corrected chi connectivity index (χ0v) is 16.5. The number of nitrogens with zero attached hydrogens (tertiary/aromatic N) is 3. The minimum atomic E-state index is -3.82. The predicted molar refractivity (Wildman–Crippen MR) is 103 cm³/mol. The molecule has 29 heavy (non-hydrogen) atoms. The average molecular weight is 417 g/mol. The number of ether oxygens (including phenoxy) is 2. The molecule has 1 saturated heterocycles. The molecule has 0 aliphatic carbocycles. The van der Waals surface area contributed by atoms with Gasteiger partial charge in [-0.05, 0) is 37.1 Å². The maximum absolute atomic E-state index is 12.8. The van der Waals surface area contributed by atoms with Crippen molar-refractivity contribution in [3.63, 3.8) is 0 Å². The zero-order valence-electron chi connectivity index (χ0n) is 15.7. The van der Waals surface area contributed by atoms with Gasteiger partial charge in [0.05, 0.1) is 28.6 Å². The summed E-state index contributed by atoms with van der Waals surface area (Å²) in [6, 6.07) is 9.91. The van der Waals surface area contributed by atoms with E-state index in [1.54, 1.807) is 0 Å². The Labute approximate surface area is 168 Å². The van der Waals surface area contributed by atoms with Crippen LogP contribution in [-0.2, 0) is 10.0 Å². The van der Waals surface area contributed by atoms with Gasteiger partial charge in [0.1, 0.15) is 0 Å². The second-order valence-corrected chi connectivity index (χ2v) is 8.37. The Morgan fingerprint density at radius 1 is 1.07 bits per heavy atom. The van der Waals surface area contributed by atoms with Gasteiger partial charge in [0.15, 0.2) is 11.5 Å². The number of nitriles is 1. The molecule has 0 atom stereocenters. The molecule has 0 aromatic heterocycles. The predicted octanol–water partition coefficient (Wildman–Crippen LogP) is 3.44. The molecular formula is C19H19N3O6S. The first-order valence-electron chi connectivity index (χ1n) is 8.91. The van der Waals surface area contributed by atoms with E-state index in [2.05, 4.69) is 0 Å². The molecule has 2 aromatic rings. The topological polar surface area (TPSA) is 123 Å². The van der Waals surface area contributed by atoms with Gasteiger partial charge in [0.2, 0.25) is 15.8 Å². The third kappa shape index (κ3) is 4.31. The number of sulfonamides is 1. The maximum atomic E-state index is 12.8. The molecule has 0 N–H and O–H groups in total. The summed E-state index contributed by atoms with van der Waals surface area (Å²) in [5, 5.41) is 20.5. The van der Waals surface area contributed by atoms with Crippen molar-refractivity contribution in [3.05, 3.63) is 52.1 Å². The van der Waals surface area contributed by atoms with Crippen LogP contribution in [0.3, 0.4) is 0 Å². The second-order valence-electron chi connectivity index (χ2n) is 6.43. The Kier molecular flexibility index (Phi) is 6.00. The first kappa shape index (κ1) is 20.6. The number of nitro benzene ring substituents is 1. The van der Waals surface area contributed by atoms with Crippen LogP contribution in [0.4, 0.5) is 5.69 Å². The highest BCUT2D eigenvalue weighted by Gasteiger charge is 2.29. The standard InChI is InChI=1S/C19H19N3O6S/c1-27-19-11-14(13-20)5-7-18(19)28-17-8-6-15(12-16(17)22(23)24)29(25,26)21-9-3-2-4-10-21/h5-8,11-12H,2-4,9-10H2,1H3. The number of methoxy groups -OCH3 is 1. The molecule has 10 heteroatoms. The van der Waals surface area contributed by atoms with Gasteiger partial charge < -0.3 is 9.47 Å². The third-order valence-electron chi connectivity index (χ3n) is 4.59. The second kappa shape index (κ2) is 8.46. The van der Waals surface area contributed by atoms with Gasteiger partial charge >= 0.3 is 5.69 Å². The number of hydrogen-bond donors (Lipinski definition) is 0. The fraction of sp³-hybridized carbons (Fsp3) is 0.316. The van der Waals surface area contributed by atoms with E-state index in [9.17, 15) is 18.5 Å². The van der Waals surface area contributed by atoms with Crippen LogP contribution in [-0.4, -0.2) is 37.8 Å². The van der Waals surface area contributed by atoms with Crippen molar-refractivity contribution in [2.24, 2.45) is 0 Å². The average Bonchev–Trinajstić information content (AvgIpc) is 2.74. The fourth-order valence-electron chi connectivity index (χ4n) is 3.08. The summed E-state index contributed by atoms with van der Waals surface area (Å²) in [4.78, 5) is 10.7. The van der Waals surface area contributed by atoms with Crippen molar-refractivity contribution in [2.75, 3.05) is 20.2 Å². The first-order chi connectivity index (χ1) is 13.9. The normalized spacial score (nSPS) is 14.8. The van der Waals surface area contributed by atoms with Gasteiger partial charge in [-0.1, -0.05) is 6.42 Å². The lowest BCUT2D eigenvalue weighted by atomic mass is 10.2. The maximum Gasteiger partial charge on any atom is 0.312 e. The highest BCUT2D eigenvalue weighted by Crippen LogP contribution is 2.38. The Balaban J connectivity index is 1.97. The number of piperidine rings is 1. The van der Waals surface area contributed by atoms with Gasteiger partial charge in [-0.25, -0.2) is 8.42 Å². The summed E-state index contributed by atoms with van der Waals surface area (Å²) in [7, 11) is -2.44. The molecule has 0 saturated carbocycles. The summed E-state index contributed by atoms with van der Waals surface area (Å²) in [5.41, 5.74) is -0.138. The van der Waals surface area contributed by atoms with E-state index < -0.39 is 20.6 Å². The zero-order chi connectivity index (χ0) is 21.0. The van der Waals surface area contributed by atoms with E-state index in [-0.39, 0.29) is 22.1 Å². The number of benzene rings is 2. The first-order valence-corrected chi connectivity index (χ1v) is 10.4. The van der Waals surface area contributed by atoms with E-state index >= 15 is 0 Å². The van der Waals surface area contributed by atoms with Crippen LogP contribution in [0.5, 0.6) is 17.2 Å². The number of rotatable bonds is 6. The van der Waals surface area contributed by atoms with Gasteiger partial charge in [0.25, 0.3) is 0 Å². The molecule has 3 rings (SSSR count). The molecule has 0 unspecified atom stereocenters. The lowest BCUT2D eigenvalue weighted by Crippen LogP contribution is -2.35. The summed E-state index contributed by atoms with van der Waals surface area (Å²) in [6.07, 6.45) is 2.49. The van der Waals surface area contributed by atoms with E-state index in [4.69, 9.17) is 14.7 Å². The Bertz CT molecular complexity index is 1070. The van der Waals surface area contributed by atoms with Crippen molar-refractivity contribution >= 4 is 15.7 Å². The van der Waals surface area contributed by atoms with E-state index in [0.717, 1.165) is 25.3 Å². The summed E-state index contributed by atoms with van der Waals surface area (Å²) < 4.78 is 37.8. The molecule has 1 fully saturated rings. The molecule has 0 amide bonds. The number of hydrogen-bond acceptors (Lipinski definition) is 7. The quantitative estimate of drug-likeness (QED) is 0.521. The highest BCUT2D eigenvalue weighted by molar-refractivity contribution is 7.89. The van der Waals surface area contributed by atoms with Crippen LogP contribution in [0.25, 0.3) is 0 Å². The lowest BCUT2D eigenvalue weighted by molar-refractivity contribution is -0.385. The van der Waals surface area contributed by atoms with Crippen molar-refractivity contribution < 1.29 is 22.8 Å². The SMILES string of the molecule is COc1cc(C#N)ccc1Oc1ccc(S(=O)(=O)N2CCCCC2)cc1[N+](=O)[O-]. The van der Waals surface area contributed by atoms with Crippen molar-refractivity contribution in [1.29, 1.82) is 5.26 Å². The van der Waals surface area contributed by atoms with Crippen molar-refractivity contribution in [1.82, 2.24) is 4.31 Å². The van der Waals surface area contributed by atoms with Crippen LogP contribution in [0.2, 0.25) is 0 Å². The molecule has 1 heterocycles. The van der Waals surface area contributed by atoms with Gasteiger partial charge in [0, 0.05) is 25.2 Å². The molecule has 2 aromatic carbocycles. The molecule has 0 radical (unpaired) electrons. The molecule has 152 valence electrons. The molecule has 0 spiro atoms. The van der Waals surface area contributed by atoms with Crippen LogP contribution in [0.15, 0.2) is 41.3 Å². The van der Waals surface area contributed by atoms with Crippen LogP contribution in [0.1, 0.15) is 24.8 Å². The van der Waals surface area contributed by atoms with E-state index in [1.165, 1.54) is 41.7 Å². The highest BCUT2D eigenvalue weighted by atomic mass is 32.2. The Morgan fingerprint density at radius 2 is 1.76 bits per heavy atom. The molecular weight excluding hydrogens is 398 g/mol. The van der Waals surface area contributed by atoms with Crippen LogP contribution < -0.4 is 9.47 Å². The van der Waals surface area contributed by atoms with E-state index in [1.807, 2.05) is 6.07 Å². The van der Waals surface area contributed by atoms with Gasteiger partial charge in [-0.3, -0.25) is 10.1 Å². The van der Waals surface area contributed by atoms with Crippen LogP contribution >= 0.6 is 0 Å². The molecule has 1 aliphatic heterocycles. The Morgan fingerprint density at radius 3 is 2.38 bits per heavy atom. The number of nitro groups is 1. The van der Waals surface area contributed by atoms with Gasteiger partial charge in [-0.2, -0.15) is 9.57 Å². The van der Waals surface area contributed by atoms with Crippen LogP contribution in [0, 0.1) is 21.4 Å². The monoisotopic (exact) mass is 417 g/mol. The summed E-state index contributed by atoms with van der Waals surface area (Å²) in [6.45, 7) is 0.799. The smallest absolute Gasteiger partial charge is 0.312 e. The summed E-state index contributed by atoms with van der Waals surface area (Å²) >= 11 is 0. The summed E-state index contributed by atoms with van der Waals surface area (Å²) in [5.74, 6) is 0.264. The fourth-order valence-corrected chi connectivity index (χ4v) is 4.62. The molecule has 1 aliphatic rings. The minimum Gasteiger partial charge on any atom is -0.493 e. The minimum absolute atomic E-state index is 0.129. The van der Waals surface area contributed by atoms with Gasteiger partial charge in [-0.15, -0.1) is 0 Å². The van der Waals surface area contributed by atoms with Crippen molar-refractivity contribution in [3.8, 4) is 23.3 Å². The van der Waals surface area contributed by atoms with Crippen molar-refractivity contribution in [2.45, 2.75) is 24.2 Å². The largest absolute Gasteiger partial charge is 0.493 e. The lowest BCUT2D eigenvalue weighted by Gasteiger charge is -2.25.